The van der Waals surface area contributed by atoms with Crippen LogP contribution in [0.5, 0.6) is 17.2 Å². The minimum Gasteiger partial charge on any atom is -0.493 e. The molecule has 1 amide bonds. The summed E-state index contributed by atoms with van der Waals surface area (Å²) in [4.78, 5) is 12.2. The molecule has 3 atom stereocenters. The van der Waals surface area contributed by atoms with Gasteiger partial charge >= 0.3 is 0 Å². The third kappa shape index (κ3) is 5.03. The Morgan fingerprint density at radius 3 is 2.65 bits per heavy atom. The van der Waals surface area contributed by atoms with Gasteiger partial charge in [0.1, 0.15) is 5.75 Å². The molecule has 7 heteroatoms. The number of nitrogens with one attached hydrogen (secondary N) is 2. The van der Waals surface area contributed by atoms with E-state index in [0.717, 1.165) is 40.4 Å². The molecule has 37 heavy (non-hydrogen) atoms. The molecule has 0 saturated heterocycles. The summed E-state index contributed by atoms with van der Waals surface area (Å²) in [6.45, 7) is 1.79. The van der Waals surface area contributed by atoms with Gasteiger partial charge in [0.05, 0.1) is 26.0 Å². The highest BCUT2D eigenvalue weighted by Crippen LogP contribution is 2.52. The maximum Gasteiger partial charge on any atom is 0.277 e. The van der Waals surface area contributed by atoms with Crippen LogP contribution in [0, 0.1) is 5.92 Å². The average Bonchev–Trinajstić information content (AvgIpc) is 3.44. The molecule has 3 aromatic rings. The summed E-state index contributed by atoms with van der Waals surface area (Å²) in [5, 5.41) is 8.07. The third-order valence-corrected chi connectivity index (χ3v) is 7.01. The molecular weight excluding hydrogens is 466 g/mol. The van der Waals surface area contributed by atoms with Gasteiger partial charge in [0, 0.05) is 17.2 Å². The lowest BCUT2D eigenvalue weighted by Crippen LogP contribution is -2.29. The molecule has 1 heterocycles. The first-order valence-electron chi connectivity index (χ1n) is 12.4. The fraction of sp³-hybridized carbons (Fsp3) is 0.267. The fourth-order valence-electron chi connectivity index (χ4n) is 5.19. The van der Waals surface area contributed by atoms with Gasteiger partial charge in [-0.25, -0.2) is 5.43 Å². The van der Waals surface area contributed by atoms with E-state index in [-0.39, 0.29) is 24.5 Å². The van der Waals surface area contributed by atoms with Crippen LogP contribution in [0.25, 0.3) is 0 Å². The number of fused-ring (bicyclic) bond motifs is 3. The zero-order chi connectivity index (χ0) is 25.8. The average molecular weight is 498 g/mol. The van der Waals surface area contributed by atoms with Crippen molar-refractivity contribution in [2.45, 2.75) is 25.3 Å². The number of hydrazone groups is 1. The second-order valence-electron chi connectivity index (χ2n) is 9.19. The lowest BCUT2D eigenvalue weighted by Gasteiger charge is -2.38. The van der Waals surface area contributed by atoms with Gasteiger partial charge < -0.3 is 19.5 Å². The summed E-state index contributed by atoms with van der Waals surface area (Å²) in [6.07, 6.45) is 5.52. The first-order valence-corrected chi connectivity index (χ1v) is 12.4. The van der Waals surface area contributed by atoms with Crippen molar-refractivity contribution in [1.29, 1.82) is 0 Å². The van der Waals surface area contributed by atoms with Crippen LogP contribution in [0.3, 0.4) is 0 Å². The molecular formula is C30H31N3O4. The van der Waals surface area contributed by atoms with Gasteiger partial charge in [-0.2, -0.15) is 5.10 Å². The predicted octanol–water partition coefficient (Wildman–Crippen LogP) is 5.45. The molecule has 0 aromatic heterocycles. The quantitative estimate of drug-likeness (QED) is 0.246. The van der Waals surface area contributed by atoms with Gasteiger partial charge in [-0.1, -0.05) is 48.6 Å². The Bertz CT molecular complexity index is 1340. The largest absolute Gasteiger partial charge is 0.493 e. The van der Waals surface area contributed by atoms with E-state index in [1.165, 1.54) is 5.56 Å². The van der Waals surface area contributed by atoms with Crippen molar-refractivity contribution in [2.75, 3.05) is 26.1 Å². The van der Waals surface area contributed by atoms with Gasteiger partial charge in [-0.15, -0.1) is 0 Å². The maximum absolute atomic E-state index is 12.2. The number of nitrogens with zero attached hydrogens (tertiary/aromatic N) is 1. The van der Waals surface area contributed by atoms with E-state index in [1.54, 1.807) is 14.2 Å². The van der Waals surface area contributed by atoms with E-state index in [9.17, 15) is 4.79 Å². The second-order valence-corrected chi connectivity index (χ2v) is 9.19. The molecule has 7 nitrogen and oxygen atoms in total. The third-order valence-electron chi connectivity index (χ3n) is 7.01. The van der Waals surface area contributed by atoms with E-state index >= 15 is 0 Å². The highest BCUT2D eigenvalue weighted by Gasteiger charge is 2.39. The van der Waals surface area contributed by atoms with Crippen LogP contribution in [0.4, 0.5) is 5.69 Å². The summed E-state index contributed by atoms with van der Waals surface area (Å²) in [6, 6.07) is 21.6. The number of methoxy groups -OCH3 is 2. The number of rotatable bonds is 8. The zero-order valence-electron chi connectivity index (χ0n) is 21.2. The molecule has 0 radical (unpaired) electrons. The van der Waals surface area contributed by atoms with Crippen LogP contribution in [0.2, 0.25) is 0 Å². The summed E-state index contributed by atoms with van der Waals surface area (Å²) in [7, 11) is 3.35. The van der Waals surface area contributed by atoms with Gasteiger partial charge in [0.25, 0.3) is 5.91 Å². The molecule has 0 bridgehead atoms. The van der Waals surface area contributed by atoms with Crippen LogP contribution < -0.4 is 25.0 Å². The molecule has 0 saturated carbocycles. The second kappa shape index (κ2) is 10.8. The SMILES string of the molecule is COc1cccc([C@@H]2Nc3ccc(/C(C)=N\NC(=O)COc4ccccc4)cc3[C@@H]3C=CC[C@@H]32)c1OC. The van der Waals surface area contributed by atoms with Gasteiger partial charge in [0.2, 0.25) is 0 Å². The van der Waals surface area contributed by atoms with Crippen molar-refractivity contribution in [2.24, 2.45) is 11.0 Å². The summed E-state index contributed by atoms with van der Waals surface area (Å²) < 4.78 is 16.8. The molecule has 0 unspecified atom stereocenters. The Labute approximate surface area is 217 Å². The van der Waals surface area contributed by atoms with Gasteiger partial charge in [-0.05, 0) is 60.7 Å². The number of para-hydroxylation sites is 2. The molecule has 190 valence electrons. The number of benzene rings is 3. The summed E-state index contributed by atoms with van der Waals surface area (Å²) in [5.74, 6) is 2.44. The van der Waals surface area contributed by atoms with Crippen molar-refractivity contribution >= 4 is 17.3 Å². The maximum atomic E-state index is 12.2. The van der Waals surface area contributed by atoms with E-state index in [2.05, 4.69) is 46.2 Å². The van der Waals surface area contributed by atoms with Crippen molar-refractivity contribution in [1.82, 2.24) is 5.43 Å². The standard InChI is InChI=1S/C30H31N3O4/c1-19(32-33-28(34)18-37-21-9-5-4-6-10-21)20-15-16-26-25(17-20)22-11-7-12-23(22)29(31-26)24-13-8-14-27(35-2)30(24)36-3/h4-11,13-17,22-23,29,31H,12,18H2,1-3H3,(H,33,34)/b32-19-/t22-,23+,29-/m1/s1. The Morgan fingerprint density at radius 2 is 1.86 bits per heavy atom. The smallest absolute Gasteiger partial charge is 0.277 e. The van der Waals surface area contributed by atoms with E-state index in [0.29, 0.717) is 11.7 Å². The number of ether oxygens (including phenoxy) is 3. The lowest BCUT2D eigenvalue weighted by atomic mass is 9.76. The number of anilines is 1. The molecule has 2 aliphatic rings. The van der Waals surface area contributed by atoms with Crippen molar-refractivity contribution in [3.63, 3.8) is 0 Å². The number of carbonyl (C=O) groups is 1. The minimum atomic E-state index is -0.309. The van der Waals surface area contributed by atoms with Crippen LogP contribution in [0.15, 0.2) is 84.0 Å². The van der Waals surface area contributed by atoms with Gasteiger partial charge in [0.15, 0.2) is 18.1 Å². The normalized spacial score (nSPS) is 19.9. The van der Waals surface area contributed by atoms with Crippen LogP contribution in [0.1, 0.15) is 42.0 Å². The number of hydrogen-bond acceptors (Lipinski definition) is 6. The van der Waals surface area contributed by atoms with E-state index in [1.807, 2.05) is 55.5 Å². The summed E-state index contributed by atoms with van der Waals surface area (Å²) >= 11 is 0. The van der Waals surface area contributed by atoms with Crippen molar-refractivity contribution < 1.29 is 19.0 Å². The van der Waals surface area contributed by atoms with Crippen LogP contribution >= 0.6 is 0 Å². The molecule has 1 aliphatic carbocycles. The molecule has 2 N–H and O–H groups in total. The number of hydrogen-bond donors (Lipinski definition) is 2. The number of allylic oxidation sites excluding steroid dienone is 2. The highest BCUT2D eigenvalue weighted by atomic mass is 16.5. The molecule has 1 aliphatic heterocycles. The molecule has 0 fully saturated rings. The first kappa shape index (κ1) is 24.4. The van der Waals surface area contributed by atoms with Gasteiger partial charge in [-0.3, -0.25) is 4.79 Å². The van der Waals surface area contributed by atoms with E-state index < -0.39 is 0 Å². The Hall–Kier alpha value is -4.26. The van der Waals surface area contributed by atoms with Crippen molar-refractivity contribution in [3.05, 3.63) is 95.6 Å². The molecule has 3 aromatic carbocycles. The topological polar surface area (TPSA) is 81.2 Å². The number of carbonyl (C=O) groups excluding carboxylic acids is 1. The monoisotopic (exact) mass is 497 g/mol. The number of amides is 1. The highest BCUT2D eigenvalue weighted by molar-refractivity contribution is 6.00. The molecule has 5 rings (SSSR count). The lowest BCUT2D eigenvalue weighted by molar-refractivity contribution is -0.123. The fourth-order valence-corrected chi connectivity index (χ4v) is 5.19. The minimum absolute atomic E-state index is 0.0852. The Balaban J connectivity index is 1.34. The molecule has 0 spiro atoms. The summed E-state index contributed by atoms with van der Waals surface area (Å²) in [5.41, 5.74) is 7.68. The predicted molar refractivity (Wildman–Crippen MR) is 145 cm³/mol. The van der Waals surface area contributed by atoms with Crippen LogP contribution in [-0.2, 0) is 4.79 Å². The zero-order valence-corrected chi connectivity index (χ0v) is 21.2. The Morgan fingerprint density at radius 1 is 1.03 bits per heavy atom. The first-order chi connectivity index (χ1) is 18.1. The Kier molecular flexibility index (Phi) is 7.12. The van der Waals surface area contributed by atoms with Crippen LogP contribution in [-0.4, -0.2) is 32.4 Å². The van der Waals surface area contributed by atoms with E-state index in [4.69, 9.17) is 14.2 Å². The van der Waals surface area contributed by atoms with Crippen molar-refractivity contribution in [3.8, 4) is 17.2 Å².